The van der Waals surface area contributed by atoms with E-state index >= 15 is 0 Å². The zero-order valence-electron chi connectivity index (χ0n) is 21.5. The molecule has 1 heterocycles. The van der Waals surface area contributed by atoms with E-state index in [2.05, 4.69) is 143 Å². The number of hydrogen-bond donors (Lipinski definition) is 0. The fraction of sp³-hybridized carbons (Fsp3) is 0.182. The highest BCUT2D eigenvalue weighted by molar-refractivity contribution is 6.08. The lowest BCUT2D eigenvalue weighted by atomic mass is 10.00. The van der Waals surface area contributed by atoms with Gasteiger partial charge in [0.25, 0.3) is 0 Å². The average Bonchev–Trinajstić information content (AvgIpc) is 3.18. The average molecular weight is 457 g/mol. The number of aryl methyl sites for hydroxylation is 6. The quantitative estimate of drug-likeness (QED) is 0.304. The molecule has 0 bridgehead atoms. The van der Waals surface area contributed by atoms with Crippen LogP contribution in [-0.4, -0.2) is 0 Å². The van der Waals surface area contributed by atoms with E-state index in [0.29, 0.717) is 0 Å². The molecule has 0 atom stereocenters. The van der Waals surface area contributed by atoms with Gasteiger partial charge in [0, 0.05) is 22.5 Å². The van der Waals surface area contributed by atoms with Gasteiger partial charge in [0.2, 0.25) is 6.67 Å². The van der Waals surface area contributed by atoms with Gasteiger partial charge in [0.1, 0.15) is 0 Å². The summed E-state index contributed by atoms with van der Waals surface area (Å²) < 4.78 is 0. The van der Waals surface area contributed by atoms with Crippen LogP contribution in [0.3, 0.4) is 0 Å². The van der Waals surface area contributed by atoms with Crippen molar-refractivity contribution in [3.05, 3.63) is 136 Å². The van der Waals surface area contributed by atoms with Crippen molar-refractivity contribution in [1.29, 1.82) is 0 Å². The molecule has 4 aromatic rings. The van der Waals surface area contributed by atoms with E-state index in [1.807, 2.05) is 0 Å². The van der Waals surface area contributed by atoms with E-state index in [4.69, 9.17) is 0 Å². The summed E-state index contributed by atoms with van der Waals surface area (Å²) in [5.74, 6) is 0. The highest BCUT2D eigenvalue weighted by Crippen LogP contribution is 2.48. The first-order valence-corrected chi connectivity index (χ1v) is 12.2. The maximum Gasteiger partial charge on any atom is 0.218 e. The van der Waals surface area contributed by atoms with Gasteiger partial charge in [0.05, 0.1) is 11.4 Å². The molecule has 1 aliphatic heterocycles. The maximum absolute atomic E-state index is 3.82. The van der Waals surface area contributed by atoms with Crippen molar-refractivity contribution < 1.29 is 0 Å². The van der Waals surface area contributed by atoms with Crippen molar-refractivity contribution in [3.63, 3.8) is 0 Å². The molecule has 1 aliphatic rings. The Bertz CT molecular complexity index is 1260. The molecule has 0 saturated heterocycles. The van der Waals surface area contributed by atoms with Crippen LogP contribution < -0.4 is 9.80 Å². The molecule has 0 saturated carbocycles. The molecule has 2 nitrogen and oxygen atoms in total. The van der Waals surface area contributed by atoms with Crippen LogP contribution in [0.1, 0.15) is 44.5 Å². The van der Waals surface area contributed by atoms with Crippen LogP contribution in [0.4, 0.5) is 11.4 Å². The summed E-state index contributed by atoms with van der Waals surface area (Å²) in [5, 5.41) is 0. The van der Waals surface area contributed by atoms with Crippen LogP contribution in [0.2, 0.25) is 0 Å². The molecule has 0 fully saturated rings. The first-order chi connectivity index (χ1) is 16.8. The lowest BCUT2D eigenvalue weighted by molar-refractivity contribution is 1.08. The molecule has 2 heteroatoms. The zero-order valence-corrected chi connectivity index (χ0v) is 21.5. The lowest BCUT2D eigenvalue weighted by Gasteiger charge is -2.27. The summed E-state index contributed by atoms with van der Waals surface area (Å²) in [4.78, 5) is 4.56. The third kappa shape index (κ3) is 4.14. The molecule has 0 aromatic heterocycles. The largest absolute Gasteiger partial charge is 0.307 e. The fourth-order valence-electron chi connectivity index (χ4n) is 5.51. The van der Waals surface area contributed by atoms with Gasteiger partial charge in [-0.25, -0.2) is 0 Å². The summed E-state index contributed by atoms with van der Waals surface area (Å²) >= 11 is 0. The summed E-state index contributed by atoms with van der Waals surface area (Å²) in [6.07, 6.45) is 0. The predicted octanol–water partition coefficient (Wildman–Crippen LogP) is 8.39. The minimum Gasteiger partial charge on any atom is -0.307 e. The third-order valence-electron chi connectivity index (χ3n) is 6.68. The summed E-state index contributed by atoms with van der Waals surface area (Å²) in [7, 11) is 0. The summed E-state index contributed by atoms with van der Waals surface area (Å²) in [6, 6.07) is 30.5. The van der Waals surface area contributed by atoms with Gasteiger partial charge < -0.3 is 9.80 Å². The normalized spacial score (nSPS) is 13.7. The molecule has 0 amide bonds. The van der Waals surface area contributed by atoms with E-state index in [1.54, 1.807) is 0 Å². The van der Waals surface area contributed by atoms with Crippen LogP contribution in [-0.2, 0) is 0 Å². The zero-order chi connectivity index (χ0) is 24.7. The van der Waals surface area contributed by atoms with E-state index < -0.39 is 0 Å². The summed E-state index contributed by atoms with van der Waals surface area (Å²) in [5.41, 5.74) is 14.5. The van der Waals surface area contributed by atoms with Gasteiger partial charge in [0.15, 0.2) is 0 Å². The molecule has 2 radical (unpaired) electrons. The molecule has 0 N–H and O–H groups in total. The predicted molar refractivity (Wildman–Crippen MR) is 149 cm³/mol. The Morgan fingerprint density at radius 2 is 0.771 bits per heavy atom. The van der Waals surface area contributed by atoms with Crippen LogP contribution in [0.5, 0.6) is 0 Å². The fourth-order valence-corrected chi connectivity index (χ4v) is 5.51. The van der Waals surface area contributed by atoms with E-state index in [-0.39, 0.29) is 0 Å². The second-order valence-electron chi connectivity index (χ2n) is 9.69. The minimum absolute atomic E-state index is 1.14. The Morgan fingerprint density at radius 1 is 0.457 bits per heavy atom. The third-order valence-corrected chi connectivity index (χ3v) is 6.68. The van der Waals surface area contributed by atoms with Crippen molar-refractivity contribution in [1.82, 2.24) is 0 Å². The van der Waals surface area contributed by atoms with E-state index in [1.165, 1.54) is 55.9 Å². The maximum atomic E-state index is 3.82. The molecular weight excluding hydrogens is 424 g/mol. The second kappa shape index (κ2) is 9.11. The highest BCUT2D eigenvalue weighted by Gasteiger charge is 2.36. The second-order valence-corrected chi connectivity index (χ2v) is 9.69. The topological polar surface area (TPSA) is 6.48 Å². The molecule has 0 unspecified atom stereocenters. The molecule has 174 valence electrons. The van der Waals surface area contributed by atoms with Gasteiger partial charge in [-0.2, -0.15) is 0 Å². The number of rotatable bonds is 4. The van der Waals surface area contributed by atoms with Gasteiger partial charge in [-0.3, -0.25) is 0 Å². The minimum atomic E-state index is 1.14. The standard InChI is InChI=1S/C33H32N2/c1-22-17-24(3)30(25(4)18-22)34-21-35(31-26(5)19-23(2)20-27(31)6)33(29-15-11-8-12-16-29)32(34)28-13-9-7-10-14-28/h7-20H,1-6H3. The highest BCUT2D eigenvalue weighted by atomic mass is 15.4. The van der Waals surface area contributed by atoms with E-state index in [9.17, 15) is 0 Å². The van der Waals surface area contributed by atoms with Gasteiger partial charge in [-0.05, 0) is 63.8 Å². The van der Waals surface area contributed by atoms with Crippen molar-refractivity contribution >= 4 is 22.8 Å². The Kier molecular flexibility index (Phi) is 5.98. The lowest BCUT2D eigenvalue weighted by Crippen LogP contribution is -2.23. The van der Waals surface area contributed by atoms with Crippen molar-refractivity contribution in [2.75, 3.05) is 9.80 Å². The van der Waals surface area contributed by atoms with Crippen molar-refractivity contribution in [2.45, 2.75) is 41.5 Å². The Labute approximate surface area is 210 Å². The number of benzene rings is 4. The Morgan fingerprint density at radius 3 is 1.09 bits per heavy atom. The molecule has 0 aliphatic carbocycles. The first kappa shape index (κ1) is 23.0. The van der Waals surface area contributed by atoms with Crippen LogP contribution >= 0.6 is 0 Å². The number of anilines is 2. The smallest absolute Gasteiger partial charge is 0.218 e. The van der Waals surface area contributed by atoms with Gasteiger partial charge >= 0.3 is 0 Å². The number of nitrogens with zero attached hydrogens (tertiary/aromatic N) is 2. The Hall–Kier alpha value is -3.78. The first-order valence-electron chi connectivity index (χ1n) is 12.2. The van der Waals surface area contributed by atoms with E-state index in [0.717, 1.165) is 11.4 Å². The molecule has 0 spiro atoms. The molecule has 5 rings (SSSR count). The van der Waals surface area contributed by atoms with Gasteiger partial charge in [-0.1, -0.05) is 96.1 Å². The molecule has 35 heavy (non-hydrogen) atoms. The Balaban J connectivity index is 1.85. The molecule has 4 aromatic carbocycles. The monoisotopic (exact) mass is 456 g/mol. The SMILES string of the molecule is Cc1cc(C)c(N2[C]N(c3c(C)cc(C)cc3C)C(c3ccccc3)=C2c2ccccc2)c(C)c1. The van der Waals surface area contributed by atoms with Crippen LogP contribution in [0, 0.1) is 48.2 Å². The van der Waals surface area contributed by atoms with Crippen molar-refractivity contribution in [2.24, 2.45) is 0 Å². The summed E-state index contributed by atoms with van der Waals surface area (Å²) in [6.45, 7) is 16.9. The van der Waals surface area contributed by atoms with Crippen molar-refractivity contribution in [3.8, 4) is 0 Å². The number of hydrogen-bond acceptors (Lipinski definition) is 2. The van der Waals surface area contributed by atoms with Gasteiger partial charge in [-0.15, -0.1) is 0 Å². The van der Waals surface area contributed by atoms with Crippen LogP contribution in [0.15, 0.2) is 84.9 Å². The van der Waals surface area contributed by atoms with Crippen LogP contribution in [0.25, 0.3) is 11.4 Å². The molecular formula is C33H32N2.